The molecule has 0 bridgehead atoms. The average molecular weight is 238 g/mol. The molecule has 0 aliphatic heterocycles. The molecule has 0 aliphatic rings. The monoisotopic (exact) mass is 238 g/mol. The summed E-state index contributed by atoms with van der Waals surface area (Å²) in [6.45, 7) is 0. The van der Waals surface area contributed by atoms with Crippen LogP contribution in [0.1, 0.15) is 21.1 Å². The third-order valence-electron chi connectivity index (χ3n) is 1.65. The van der Waals surface area contributed by atoms with Crippen LogP contribution in [0, 0.1) is 0 Å². The molecule has 2 rings (SSSR count). The molecule has 2 heterocycles. The minimum Gasteiger partial charge on any atom is -0.364 e. The zero-order valence-electron chi connectivity index (χ0n) is 7.82. The molecule has 0 saturated heterocycles. The van der Waals surface area contributed by atoms with Crippen LogP contribution in [0.4, 0.5) is 0 Å². The predicted molar refractivity (Wildman–Crippen MR) is 54.1 cm³/mol. The van der Waals surface area contributed by atoms with Crippen LogP contribution in [-0.4, -0.2) is 31.6 Å². The predicted octanol–water partition coefficient (Wildman–Crippen LogP) is -1.08. The summed E-state index contributed by atoms with van der Waals surface area (Å²) in [7, 11) is 0. The van der Waals surface area contributed by atoms with Gasteiger partial charge in [-0.15, -0.1) is 16.4 Å². The maximum atomic E-state index is 10.8. The van der Waals surface area contributed by atoms with Gasteiger partial charge in [-0.05, 0) is 0 Å². The highest BCUT2D eigenvalue weighted by molar-refractivity contribution is 7.12. The zero-order valence-corrected chi connectivity index (χ0v) is 8.64. The Morgan fingerprint density at radius 1 is 1.31 bits per heavy atom. The van der Waals surface area contributed by atoms with Crippen molar-refractivity contribution in [2.24, 2.45) is 11.5 Å². The molecule has 82 valence electrons. The second-order valence-corrected chi connectivity index (χ2v) is 3.59. The van der Waals surface area contributed by atoms with E-state index < -0.39 is 11.8 Å². The van der Waals surface area contributed by atoms with E-state index in [1.807, 2.05) is 0 Å². The van der Waals surface area contributed by atoms with Gasteiger partial charge < -0.3 is 11.5 Å². The Morgan fingerprint density at radius 2 is 2.06 bits per heavy atom. The topological polar surface area (TPSA) is 130 Å². The van der Waals surface area contributed by atoms with Gasteiger partial charge >= 0.3 is 0 Å². The van der Waals surface area contributed by atoms with Crippen molar-refractivity contribution in [1.82, 2.24) is 19.7 Å². The molecule has 8 nitrogen and oxygen atoms in total. The summed E-state index contributed by atoms with van der Waals surface area (Å²) in [5.74, 6) is -1.47. The van der Waals surface area contributed by atoms with E-state index in [9.17, 15) is 9.59 Å². The van der Waals surface area contributed by atoms with Gasteiger partial charge in [-0.2, -0.15) is 4.68 Å². The van der Waals surface area contributed by atoms with Crippen LogP contribution in [0.2, 0.25) is 0 Å². The molecule has 9 heteroatoms. The summed E-state index contributed by atoms with van der Waals surface area (Å²) in [6.07, 6.45) is 1.28. The maximum absolute atomic E-state index is 10.8. The van der Waals surface area contributed by atoms with Crippen LogP contribution >= 0.6 is 11.3 Å². The van der Waals surface area contributed by atoms with Crippen LogP contribution in [-0.2, 0) is 0 Å². The summed E-state index contributed by atoms with van der Waals surface area (Å²) in [5.41, 5.74) is 10.2. The smallest absolute Gasteiger partial charge is 0.288 e. The molecule has 4 N–H and O–H groups in total. The molecule has 0 unspecified atom stereocenters. The number of amides is 2. The van der Waals surface area contributed by atoms with E-state index in [2.05, 4.69) is 15.1 Å². The van der Waals surface area contributed by atoms with Gasteiger partial charge in [0.1, 0.15) is 12.0 Å². The molecular weight excluding hydrogens is 232 g/mol. The number of nitrogens with two attached hydrogens (primary N) is 2. The van der Waals surface area contributed by atoms with Crippen LogP contribution in [0.15, 0.2) is 11.7 Å². The summed E-state index contributed by atoms with van der Waals surface area (Å²) >= 11 is 1.15. The molecule has 2 aromatic rings. The minimum absolute atomic E-state index is 0.115. The second-order valence-electron chi connectivity index (χ2n) is 2.76. The van der Waals surface area contributed by atoms with Crippen LogP contribution in [0.25, 0.3) is 5.13 Å². The molecule has 2 amide bonds. The Hall–Kier alpha value is -2.29. The van der Waals surface area contributed by atoms with E-state index in [0.29, 0.717) is 5.13 Å². The standard InChI is InChI=1S/C7H6N6O2S/c8-4(14)3-1-16-7(11-3)13-2-10-6(12-13)5(9)15/h1-2H,(H2,8,14)(H2,9,15). The van der Waals surface area contributed by atoms with Gasteiger partial charge in [0.05, 0.1) is 0 Å². The first-order valence-electron chi connectivity index (χ1n) is 4.05. The minimum atomic E-state index is -0.731. The first-order valence-corrected chi connectivity index (χ1v) is 4.93. The molecule has 0 saturated carbocycles. The number of rotatable bonds is 3. The Balaban J connectivity index is 2.35. The van der Waals surface area contributed by atoms with E-state index >= 15 is 0 Å². The van der Waals surface area contributed by atoms with Crippen molar-refractivity contribution >= 4 is 23.2 Å². The number of hydrogen-bond acceptors (Lipinski definition) is 6. The summed E-state index contributed by atoms with van der Waals surface area (Å²) in [6, 6.07) is 0. The van der Waals surface area contributed by atoms with Gasteiger partial charge in [0, 0.05) is 5.38 Å². The average Bonchev–Trinajstić information content (AvgIpc) is 2.86. The van der Waals surface area contributed by atoms with Crippen molar-refractivity contribution < 1.29 is 9.59 Å². The summed E-state index contributed by atoms with van der Waals surface area (Å²) in [5, 5.41) is 5.65. The van der Waals surface area contributed by atoms with E-state index in [4.69, 9.17) is 11.5 Å². The number of aromatic nitrogens is 4. The highest BCUT2D eigenvalue weighted by Crippen LogP contribution is 2.13. The lowest BCUT2D eigenvalue weighted by Gasteiger charge is -1.90. The Kier molecular flexibility index (Phi) is 2.37. The first kappa shape index (κ1) is 10.2. The van der Waals surface area contributed by atoms with E-state index in [1.54, 1.807) is 0 Å². The van der Waals surface area contributed by atoms with Crippen LogP contribution in [0.5, 0.6) is 0 Å². The van der Waals surface area contributed by atoms with E-state index in [0.717, 1.165) is 11.3 Å². The van der Waals surface area contributed by atoms with Crippen molar-refractivity contribution in [3.8, 4) is 5.13 Å². The molecular formula is C7H6N6O2S. The highest BCUT2D eigenvalue weighted by atomic mass is 32.1. The van der Waals surface area contributed by atoms with Crippen LogP contribution < -0.4 is 11.5 Å². The zero-order chi connectivity index (χ0) is 11.7. The SMILES string of the molecule is NC(=O)c1csc(-n2cnc(C(N)=O)n2)n1. The van der Waals surface area contributed by atoms with E-state index in [-0.39, 0.29) is 11.5 Å². The van der Waals surface area contributed by atoms with Gasteiger partial charge in [0.2, 0.25) is 11.0 Å². The molecule has 0 fully saturated rings. The van der Waals surface area contributed by atoms with E-state index in [1.165, 1.54) is 16.4 Å². The fourth-order valence-electron chi connectivity index (χ4n) is 0.951. The number of carbonyl (C=O) groups excluding carboxylic acids is 2. The molecule has 0 spiro atoms. The number of thiazole rings is 1. The normalized spacial score (nSPS) is 10.2. The number of hydrogen-bond donors (Lipinski definition) is 2. The second kappa shape index (κ2) is 3.70. The van der Waals surface area contributed by atoms with Crippen molar-refractivity contribution in [2.45, 2.75) is 0 Å². The Bertz CT molecular complexity index is 508. The van der Waals surface area contributed by atoms with Gasteiger partial charge in [-0.3, -0.25) is 9.59 Å². The third kappa shape index (κ3) is 1.75. The number of primary amides is 2. The quantitative estimate of drug-likeness (QED) is 0.702. The lowest BCUT2D eigenvalue weighted by atomic mass is 10.5. The van der Waals surface area contributed by atoms with Gasteiger partial charge in [-0.1, -0.05) is 0 Å². The van der Waals surface area contributed by atoms with Gasteiger partial charge in [0.15, 0.2) is 0 Å². The highest BCUT2D eigenvalue weighted by Gasteiger charge is 2.12. The van der Waals surface area contributed by atoms with Gasteiger partial charge in [0.25, 0.3) is 11.8 Å². The van der Waals surface area contributed by atoms with Crippen molar-refractivity contribution in [3.63, 3.8) is 0 Å². The van der Waals surface area contributed by atoms with Gasteiger partial charge in [-0.25, -0.2) is 9.97 Å². The molecule has 0 aliphatic carbocycles. The lowest BCUT2D eigenvalue weighted by molar-refractivity contribution is 0.0984. The maximum Gasteiger partial charge on any atom is 0.288 e. The Morgan fingerprint density at radius 3 is 2.56 bits per heavy atom. The third-order valence-corrected chi connectivity index (χ3v) is 2.48. The fourth-order valence-corrected chi connectivity index (χ4v) is 1.68. The molecule has 0 radical (unpaired) electrons. The number of nitrogens with zero attached hydrogens (tertiary/aromatic N) is 4. The molecule has 16 heavy (non-hydrogen) atoms. The fraction of sp³-hybridized carbons (Fsp3) is 0. The van der Waals surface area contributed by atoms with Crippen molar-refractivity contribution in [2.75, 3.05) is 0 Å². The first-order chi connectivity index (χ1) is 7.58. The molecule has 0 aromatic carbocycles. The largest absolute Gasteiger partial charge is 0.364 e. The molecule has 0 atom stereocenters. The molecule has 2 aromatic heterocycles. The number of carbonyl (C=O) groups is 2. The van der Waals surface area contributed by atoms with Crippen LogP contribution in [0.3, 0.4) is 0 Å². The Labute approximate surface area is 92.9 Å². The van der Waals surface area contributed by atoms with Crippen molar-refractivity contribution in [3.05, 3.63) is 23.2 Å². The van der Waals surface area contributed by atoms with Crippen molar-refractivity contribution in [1.29, 1.82) is 0 Å². The lowest BCUT2D eigenvalue weighted by Crippen LogP contribution is -2.13. The summed E-state index contributed by atoms with van der Waals surface area (Å²) in [4.78, 5) is 29.1. The summed E-state index contributed by atoms with van der Waals surface area (Å²) < 4.78 is 1.25.